The van der Waals surface area contributed by atoms with Gasteiger partial charge in [-0.05, 0) is 49.1 Å². The lowest BCUT2D eigenvalue weighted by Gasteiger charge is -2.09. The highest BCUT2D eigenvalue weighted by atomic mass is 16.1. The summed E-state index contributed by atoms with van der Waals surface area (Å²) in [5.41, 5.74) is 2.63. The van der Waals surface area contributed by atoms with Crippen LogP contribution in [-0.2, 0) is 13.0 Å². The molecule has 0 saturated carbocycles. The summed E-state index contributed by atoms with van der Waals surface area (Å²) in [7, 11) is 0. The third-order valence-electron chi connectivity index (χ3n) is 5.16. The molecule has 0 unspecified atom stereocenters. The van der Waals surface area contributed by atoms with Crippen molar-refractivity contribution in [2.45, 2.75) is 39.2 Å². The molecular weight excluding hydrogens is 378 g/mol. The average Bonchev–Trinajstić information content (AvgIpc) is 3.27. The summed E-state index contributed by atoms with van der Waals surface area (Å²) in [5.74, 6) is -0.189. The van der Waals surface area contributed by atoms with Crippen molar-refractivity contribution in [3.05, 3.63) is 76.7 Å². The van der Waals surface area contributed by atoms with Gasteiger partial charge in [0.25, 0.3) is 11.5 Å². The Morgan fingerprint density at radius 2 is 2.07 bits per heavy atom. The molecule has 0 spiro atoms. The number of fused-ring (bicyclic) bond motifs is 2. The fraction of sp³-hybridized carbons (Fsp3) is 0.304. The number of amides is 1. The van der Waals surface area contributed by atoms with Crippen molar-refractivity contribution in [1.82, 2.24) is 24.3 Å². The Morgan fingerprint density at radius 3 is 2.87 bits per heavy atom. The van der Waals surface area contributed by atoms with E-state index < -0.39 is 0 Å². The molecule has 7 nitrogen and oxygen atoms in total. The molecule has 0 aliphatic heterocycles. The topological polar surface area (TPSA) is 81.3 Å². The first kappa shape index (κ1) is 19.8. The number of unbranched alkanes of at least 4 members (excludes halogenated alkanes) is 1. The molecule has 0 atom stereocenters. The van der Waals surface area contributed by atoms with E-state index in [4.69, 9.17) is 0 Å². The van der Waals surface area contributed by atoms with Gasteiger partial charge in [-0.15, -0.1) is 0 Å². The van der Waals surface area contributed by atoms with Gasteiger partial charge in [0, 0.05) is 31.7 Å². The smallest absolute Gasteiger partial charge is 0.265 e. The van der Waals surface area contributed by atoms with Crippen LogP contribution in [0.4, 0.5) is 0 Å². The minimum atomic E-state index is -0.189. The number of nitrogens with zero attached hydrogens (tertiary/aromatic N) is 4. The first-order valence-corrected chi connectivity index (χ1v) is 10.3. The molecule has 154 valence electrons. The first-order valence-electron chi connectivity index (χ1n) is 10.3. The van der Waals surface area contributed by atoms with E-state index >= 15 is 0 Å². The monoisotopic (exact) mass is 403 g/mol. The number of hydrogen-bond donors (Lipinski definition) is 1. The molecule has 7 heteroatoms. The van der Waals surface area contributed by atoms with Gasteiger partial charge in [0.15, 0.2) is 0 Å². The summed E-state index contributed by atoms with van der Waals surface area (Å²) >= 11 is 0. The Balaban J connectivity index is 1.48. The zero-order valence-corrected chi connectivity index (χ0v) is 17.0. The van der Waals surface area contributed by atoms with E-state index in [1.54, 1.807) is 30.9 Å². The van der Waals surface area contributed by atoms with E-state index in [-0.39, 0.29) is 11.5 Å². The number of aryl methyl sites for hydroxylation is 2. The van der Waals surface area contributed by atoms with Crippen LogP contribution in [0.15, 0.2) is 60.0 Å². The van der Waals surface area contributed by atoms with Gasteiger partial charge in [-0.3, -0.25) is 14.0 Å². The van der Waals surface area contributed by atoms with Gasteiger partial charge in [-0.2, -0.15) is 0 Å². The van der Waals surface area contributed by atoms with Gasteiger partial charge in [0.1, 0.15) is 5.65 Å². The number of benzene rings is 1. The summed E-state index contributed by atoms with van der Waals surface area (Å²) in [6.45, 7) is 3.56. The van der Waals surface area contributed by atoms with Crippen molar-refractivity contribution in [1.29, 1.82) is 0 Å². The predicted octanol–water partition coefficient (Wildman–Crippen LogP) is 3.21. The number of imidazole rings is 1. The van der Waals surface area contributed by atoms with Gasteiger partial charge in [0.05, 0.1) is 22.8 Å². The Hall–Kier alpha value is -3.48. The third-order valence-corrected chi connectivity index (χ3v) is 5.16. The molecule has 0 aliphatic rings. The second-order valence-corrected chi connectivity index (χ2v) is 7.43. The molecule has 0 fully saturated rings. The van der Waals surface area contributed by atoms with E-state index in [0.717, 1.165) is 37.8 Å². The largest absolute Gasteiger partial charge is 0.352 e. The van der Waals surface area contributed by atoms with Crippen LogP contribution in [0.5, 0.6) is 0 Å². The number of carbonyl (C=O) groups excluding carboxylic acids is 1. The lowest BCUT2D eigenvalue weighted by Crippen LogP contribution is -2.26. The van der Waals surface area contributed by atoms with Gasteiger partial charge >= 0.3 is 0 Å². The van der Waals surface area contributed by atoms with Crippen molar-refractivity contribution in [2.24, 2.45) is 0 Å². The number of rotatable bonds is 8. The van der Waals surface area contributed by atoms with Crippen LogP contribution in [0.25, 0.3) is 16.6 Å². The highest BCUT2D eigenvalue weighted by Crippen LogP contribution is 2.14. The SMILES string of the molecule is CCCc1ccc2nc3ccc(C(=O)NCCCCn4ccnc4)cn3c(=O)c2c1. The van der Waals surface area contributed by atoms with E-state index in [0.29, 0.717) is 28.7 Å². The fourth-order valence-electron chi connectivity index (χ4n) is 3.57. The molecule has 4 aromatic rings. The quantitative estimate of drug-likeness (QED) is 0.362. The van der Waals surface area contributed by atoms with Crippen LogP contribution in [0.2, 0.25) is 0 Å². The first-order chi connectivity index (χ1) is 14.7. The molecule has 1 N–H and O–H groups in total. The summed E-state index contributed by atoms with van der Waals surface area (Å²) < 4.78 is 3.48. The Labute approximate surface area is 174 Å². The predicted molar refractivity (Wildman–Crippen MR) is 117 cm³/mol. The lowest BCUT2D eigenvalue weighted by atomic mass is 10.1. The van der Waals surface area contributed by atoms with Gasteiger partial charge in [-0.1, -0.05) is 19.4 Å². The summed E-state index contributed by atoms with van der Waals surface area (Å²) in [4.78, 5) is 34.1. The van der Waals surface area contributed by atoms with Gasteiger partial charge in [-0.25, -0.2) is 9.97 Å². The van der Waals surface area contributed by atoms with Crippen LogP contribution in [-0.4, -0.2) is 31.4 Å². The molecule has 30 heavy (non-hydrogen) atoms. The van der Waals surface area contributed by atoms with E-state index in [2.05, 4.69) is 22.2 Å². The molecule has 1 amide bonds. The molecular formula is C23H25N5O2. The normalized spacial score (nSPS) is 11.2. The minimum absolute atomic E-state index is 0.150. The number of nitrogens with one attached hydrogen (secondary N) is 1. The number of pyridine rings is 1. The fourth-order valence-corrected chi connectivity index (χ4v) is 3.57. The Bertz CT molecular complexity index is 1230. The van der Waals surface area contributed by atoms with Crippen molar-refractivity contribution in [2.75, 3.05) is 6.54 Å². The van der Waals surface area contributed by atoms with Crippen molar-refractivity contribution >= 4 is 22.5 Å². The van der Waals surface area contributed by atoms with Crippen LogP contribution in [0, 0.1) is 0 Å². The Kier molecular flexibility index (Phi) is 5.88. The van der Waals surface area contributed by atoms with Crippen molar-refractivity contribution in [3.8, 4) is 0 Å². The van der Waals surface area contributed by atoms with E-state index in [1.165, 1.54) is 4.40 Å². The standard InChI is InChI=1S/C23H25N5O2/c1-2-5-17-6-8-20-19(14-17)23(30)28-15-18(7-9-21(28)26-20)22(29)25-10-3-4-12-27-13-11-24-16-27/h6-9,11,13-16H,2-5,10,12H2,1H3,(H,25,29). The summed E-state index contributed by atoms with van der Waals surface area (Å²) in [6, 6.07) is 9.25. The van der Waals surface area contributed by atoms with Crippen LogP contribution in [0.3, 0.4) is 0 Å². The second kappa shape index (κ2) is 8.90. The zero-order chi connectivity index (χ0) is 20.9. The molecule has 3 aromatic heterocycles. The maximum absolute atomic E-state index is 13.0. The molecule has 0 bridgehead atoms. The van der Waals surface area contributed by atoms with Crippen molar-refractivity contribution in [3.63, 3.8) is 0 Å². The minimum Gasteiger partial charge on any atom is -0.352 e. The number of aromatic nitrogens is 4. The highest BCUT2D eigenvalue weighted by molar-refractivity contribution is 5.94. The second-order valence-electron chi connectivity index (χ2n) is 7.43. The van der Waals surface area contributed by atoms with Gasteiger partial charge in [0.2, 0.25) is 0 Å². The Morgan fingerprint density at radius 1 is 1.17 bits per heavy atom. The molecule has 3 heterocycles. The molecule has 4 rings (SSSR count). The molecule has 1 aromatic carbocycles. The average molecular weight is 403 g/mol. The summed E-state index contributed by atoms with van der Waals surface area (Å²) in [5, 5.41) is 3.51. The van der Waals surface area contributed by atoms with Gasteiger partial charge < -0.3 is 9.88 Å². The third kappa shape index (κ3) is 4.25. The highest BCUT2D eigenvalue weighted by Gasteiger charge is 2.10. The van der Waals surface area contributed by atoms with Crippen molar-refractivity contribution < 1.29 is 4.79 Å². The lowest BCUT2D eigenvalue weighted by molar-refractivity contribution is 0.0952. The van der Waals surface area contributed by atoms with E-state index in [1.807, 2.05) is 29.0 Å². The maximum atomic E-state index is 13.0. The van der Waals surface area contributed by atoms with E-state index in [9.17, 15) is 9.59 Å². The van der Waals surface area contributed by atoms with Crippen LogP contribution < -0.4 is 10.9 Å². The molecule has 0 saturated heterocycles. The maximum Gasteiger partial charge on any atom is 0.265 e. The van der Waals surface area contributed by atoms with Crippen LogP contribution >= 0.6 is 0 Å². The molecule has 0 aliphatic carbocycles. The van der Waals surface area contributed by atoms with Crippen LogP contribution in [0.1, 0.15) is 42.1 Å². The number of carbonyl (C=O) groups is 1. The summed E-state index contributed by atoms with van der Waals surface area (Å²) in [6.07, 6.45) is 10.8. The molecule has 0 radical (unpaired) electrons. The number of hydrogen-bond acceptors (Lipinski definition) is 4. The zero-order valence-electron chi connectivity index (χ0n) is 17.0.